The number of hydrogen-bond acceptors (Lipinski definition) is 5. The molecule has 1 fully saturated rings. The van der Waals surface area contributed by atoms with Gasteiger partial charge in [0.1, 0.15) is 4.90 Å². The van der Waals surface area contributed by atoms with Crippen molar-refractivity contribution in [2.45, 2.75) is 23.7 Å². The first-order chi connectivity index (χ1) is 9.06. The Kier molecular flexibility index (Phi) is 3.06. The van der Waals surface area contributed by atoms with Crippen LogP contribution in [-0.4, -0.2) is 18.6 Å². The third kappa shape index (κ3) is 2.64. The Morgan fingerprint density at radius 2 is 2.00 bits per heavy atom. The lowest BCUT2D eigenvalue weighted by Gasteiger charge is -2.05. The molecule has 0 atom stereocenters. The van der Waals surface area contributed by atoms with E-state index in [1.54, 1.807) is 18.2 Å². The molecule has 0 aliphatic heterocycles. The number of rotatable bonds is 4. The van der Waals surface area contributed by atoms with E-state index in [0.29, 0.717) is 10.4 Å². The molecule has 6 nitrogen and oxygen atoms in total. The lowest BCUT2D eigenvalue weighted by Crippen LogP contribution is -2.13. The van der Waals surface area contributed by atoms with Crippen LogP contribution in [0.3, 0.4) is 0 Å². The van der Waals surface area contributed by atoms with E-state index in [9.17, 15) is 8.42 Å². The summed E-state index contributed by atoms with van der Waals surface area (Å²) < 4.78 is 32.3. The van der Waals surface area contributed by atoms with E-state index in [2.05, 4.69) is 30.8 Å². The molecule has 100 valence electrons. The predicted octanol–water partition coefficient (Wildman–Crippen LogP) is 2.51. The number of anilines is 1. The maximum atomic E-state index is 12.1. The Morgan fingerprint density at radius 3 is 2.68 bits per heavy atom. The van der Waals surface area contributed by atoms with Gasteiger partial charge in [0.25, 0.3) is 10.0 Å². The number of halogens is 1. The van der Waals surface area contributed by atoms with Crippen LogP contribution in [0, 0.1) is 0 Å². The normalized spacial score (nSPS) is 15.4. The van der Waals surface area contributed by atoms with Gasteiger partial charge in [0.15, 0.2) is 0 Å². The highest BCUT2D eigenvalue weighted by Gasteiger charge is 2.30. The van der Waals surface area contributed by atoms with Crippen molar-refractivity contribution in [3.63, 3.8) is 0 Å². The van der Waals surface area contributed by atoms with Gasteiger partial charge in [-0.2, -0.15) is 0 Å². The molecule has 1 aromatic heterocycles. The van der Waals surface area contributed by atoms with E-state index in [4.69, 9.17) is 4.42 Å². The van der Waals surface area contributed by atoms with E-state index in [1.807, 2.05) is 0 Å². The second kappa shape index (κ2) is 4.61. The van der Waals surface area contributed by atoms with Crippen LogP contribution in [0.15, 0.2) is 38.1 Å². The molecular formula is C11H10BrN3O3S. The van der Waals surface area contributed by atoms with E-state index in [-0.39, 0.29) is 16.8 Å². The molecule has 0 saturated heterocycles. The highest BCUT2D eigenvalue weighted by atomic mass is 79.9. The number of aromatic nitrogens is 2. The van der Waals surface area contributed by atoms with Crippen LogP contribution in [0.4, 0.5) is 6.01 Å². The molecule has 0 radical (unpaired) electrons. The number of nitrogens with one attached hydrogen (secondary N) is 1. The molecule has 1 saturated carbocycles. The molecule has 0 spiro atoms. The van der Waals surface area contributed by atoms with Crippen LogP contribution < -0.4 is 4.72 Å². The quantitative estimate of drug-likeness (QED) is 0.921. The minimum Gasteiger partial charge on any atom is -0.407 e. The van der Waals surface area contributed by atoms with Gasteiger partial charge in [-0.1, -0.05) is 17.2 Å². The Labute approximate surface area is 118 Å². The van der Waals surface area contributed by atoms with Crippen molar-refractivity contribution in [1.82, 2.24) is 10.2 Å². The van der Waals surface area contributed by atoms with Crippen LogP contribution in [0.2, 0.25) is 0 Å². The number of nitrogens with zero attached hydrogens (tertiary/aromatic N) is 2. The average Bonchev–Trinajstić information content (AvgIpc) is 3.11. The summed E-state index contributed by atoms with van der Waals surface area (Å²) in [6.45, 7) is 0. The SMILES string of the molecule is O=S(=O)(Nc1nnc(C2CC2)o1)c1ccccc1Br. The molecule has 0 amide bonds. The van der Waals surface area contributed by atoms with Crippen LogP contribution >= 0.6 is 15.9 Å². The van der Waals surface area contributed by atoms with Gasteiger partial charge in [0.05, 0.1) is 0 Å². The molecule has 19 heavy (non-hydrogen) atoms. The van der Waals surface area contributed by atoms with Crippen molar-refractivity contribution >= 4 is 32.0 Å². The molecule has 3 rings (SSSR count). The largest absolute Gasteiger partial charge is 0.407 e. The van der Waals surface area contributed by atoms with Gasteiger partial charge in [-0.3, -0.25) is 0 Å². The topological polar surface area (TPSA) is 85.1 Å². The molecule has 8 heteroatoms. The fourth-order valence-corrected chi connectivity index (χ4v) is 3.53. The summed E-state index contributed by atoms with van der Waals surface area (Å²) in [5.74, 6) is 0.777. The zero-order valence-corrected chi connectivity index (χ0v) is 12.1. The zero-order chi connectivity index (χ0) is 13.5. The maximum absolute atomic E-state index is 12.1. The summed E-state index contributed by atoms with van der Waals surface area (Å²) in [7, 11) is -3.73. The molecule has 1 heterocycles. The maximum Gasteiger partial charge on any atom is 0.329 e. The molecule has 1 aliphatic carbocycles. The Balaban J connectivity index is 1.86. The van der Waals surface area contributed by atoms with Crippen molar-refractivity contribution in [2.75, 3.05) is 4.72 Å². The van der Waals surface area contributed by atoms with Crippen molar-refractivity contribution in [3.8, 4) is 0 Å². The zero-order valence-electron chi connectivity index (χ0n) is 9.71. The molecule has 0 bridgehead atoms. The lowest BCUT2D eigenvalue weighted by molar-refractivity contribution is 0.510. The number of sulfonamides is 1. The third-order valence-electron chi connectivity index (χ3n) is 2.72. The molecule has 1 aliphatic rings. The number of hydrogen-bond donors (Lipinski definition) is 1. The Bertz CT molecular complexity index is 709. The predicted molar refractivity (Wildman–Crippen MR) is 71.2 cm³/mol. The minimum atomic E-state index is -3.73. The standard InChI is InChI=1S/C11H10BrN3O3S/c12-8-3-1-2-4-9(8)19(16,17)15-11-14-13-10(18-11)7-5-6-7/h1-4,7H,5-6H2,(H,14,15). The van der Waals surface area contributed by atoms with Gasteiger partial charge in [0, 0.05) is 10.4 Å². The molecular weight excluding hydrogens is 334 g/mol. The van der Waals surface area contributed by atoms with Gasteiger partial charge in [-0.05, 0) is 40.9 Å². The first-order valence-corrected chi connectivity index (χ1v) is 7.94. The number of benzene rings is 1. The van der Waals surface area contributed by atoms with Gasteiger partial charge < -0.3 is 4.42 Å². The van der Waals surface area contributed by atoms with E-state index in [1.165, 1.54) is 6.07 Å². The molecule has 1 N–H and O–H groups in total. The van der Waals surface area contributed by atoms with Gasteiger partial charge in [-0.15, -0.1) is 5.10 Å². The van der Waals surface area contributed by atoms with Crippen LogP contribution in [0.1, 0.15) is 24.7 Å². The fourth-order valence-electron chi connectivity index (χ4n) is 1.60. The summed E-state index contributed by atoms with van der Waals surface area (Å²) in [5.41, 5.74) is 0. The van der Waals surface area contributed by atoms with Crippen molar-refractivity contribution < 1.29 is 12.8 Å². The van der Waals surface area contributed by atoms with Crippen LogP contribution in [0.25, 0.3) is 0 Å². The van der Waals surface area contributed by atoms with Crippen molar-refractivity contribution in [2.24, 2.45) is 0 Å². The fraction of sp³-hybridized carbons (Fsp3) is 0.273. The van der Waals surface area contributed by atoms with Crippen LogP contribution in [-0.2, 0) is 10.0 Å². The first-order valence-electron chi connectivity index (χ1n) is 5.67. The molecule has 2 aromatic rings. The third-order valence-corrected chi connectivity index (χ3v) is 5.05. The van der Waals surface area contributed by atoms with Crippen LogP contribution in [0.5, 0.6) is 0 Å². The summed E-state index contributed by atoms with van der Waals surface area (Å²) >= 11 is 3.20. The lowest BCUT2D eigenvalue weighted by atomic mass is 10.4. The van der Waals surface area contributed by atoms with E-state index in [0.717, 1.165) is 12.8 Å². The second-order valence-corrected chi connectivity index (χ2v) is 6.76. The van der Waals surface area contributed by atoms with E-state index >= 15 is 0 Å². The summed E-state index contributed by atoms with van der Waals surface area (Å²) in [6, 6.07) is 6.42. The van der Waals surface area contributed by atoms with Crippen molar-refractivity contribution in [1.29, 1.82) is 0 Å². The Morgan fingerprint density at radius 1 is 1.26 bits per heavy atom. The Hall–Kier alpha value is -1.41. The highest BCUT2D eigenvalue weighted by molar-refractivity contribution is 9.10. The molecule has 1 aromatic carbocycles. The van der Waals surface area contributed by atoms with Crippen molar-refractivity contribution in [3.05, 3.63) is 34.6 Å². The van der Waals surface area contributed by atoms with E-state index < -0.39 is 10.0 Å². The average molecular weight is 344 g/mol. The highest BCUT2D eigenvalue weighted by Crippen LogP contribution is 2.39. The van der Waals surface area contributed by atoms with Gasteiger partial charge in [-0.25, -0.2) is 13.1 Å². The van der Waals surface area contributed by atoms with Gasteiger partial charge >= 0.3 is 6.01 Å². The van der Waals surface area contributed by atoms with Gasteiger partial charge in [0.2, 0.25) is 5.89 Å². The molecule has 0 unspecified atom stereocenters. The first kappa shape index (κ1) is 12.6. The second-order valence-electron chi connectivity index (χ2n) is 4.26. The summed E-state index contributed by atoms with van der Waals surface area (Å²) in [5, 5.41) is 7.52. The smallest absolute Gasteiger partial charge is 0.329 e. The summed E-state index contributed by atoms with van der Waals surface area (Å²) in [6.07, 6.45) is 2.03. The monoisotopic (exact) mass is 343 g/mol. The summed E-state index contributed by atoms with van der Waals surface area (Å²) in [4.78, 5) is 0.126. The minimum absolute atomic E-state index is 0.0994.